The SMILES string of the molecule is CCc1c(Cl)ncc2cc(OC)ccc12. The van der Waals surface area contributed by atoms with Crippen LogP contribution in [-0.2, 0) is 6.42 Å². The van der Waals surface area contributed by atoms with E-state index in [1.165, 1.54) is 0 Å². The van der Waals surface area contributed by atoms with Crippen molar-refractivity contribution in [2.75, 3.05) is 7.11 Å². The first-order valence-corrected chi connectivity index (χ1v) is 5.25. The summed E-state index contributed by atoms with van der Waals surface area (Å²) in [5.74, 6) is 0.841. The predicted molar refractivity (Wildman–Crippen MR) is 62.7 cm³/mol. The summed E-state index contributed by atoms with van der Waals surface area (Å²) in [4.78, 5) is 4.16. The predicted octanol–water partition coefficient (Wildman–Crippen LogP) is 3.46. The quantitative estimate of drug-likeness (QED) is 0.725. The molecule has 0 aliphatic carbocycles. The summed E-state index contributed by atoms with van der Waals surface area (Å²) < 4.78 is 5.17. The van der Waals surface area contributed by atoms with Gasteiger partial charge >= 0.3 is 0 Å². The topological polar surface area (TPSA) is 22.1 Å². The van der Waals surface area contributed by atoms with Crippen LogP contribution >= 0.6 is 11.6 Å². The molecule has 0 fully saturated rings. The Morgan fingerprint density at radius 3 is 2.87 bits per heavy atom. The van der Waals surface area contributed by atoms with Crippen LogP contribution in [0.4, 0.5) is 0 Å². The second-order valence-corrected chi connectivity index (χ2v) is 3.69. The van der Waals surface area contributed by atoms with E-state index in [9.17, 15) is 0 Å². The molecule has 0 N–H and O–H groups in total. The first-order valence-electron chi connectivity index (χ1n) is 4.87. The Kier molecular flexibility index (Phi) is 2.78. The summed E-state index contributed by atoms with van der Waals surface area (Å²) in [7, 11) is 1.66. The monoisotopic (exact) mass is 221 g/mol. The van der Waals surface area contributed by atoms with Crippen LogP contribution in [0.5, 0.6) is 5.75 Å². The van der Waals surface area contributed by atoms with E-state index >= 15 is 0 Å². The average molecular weight is 222 g/mol. The maximum absolute atomic E-state index is 6.03. The summed E-state index contributed by atoms with van der Waals surface area (Å²) in [6.45, 7) is 2.08. The molecule has 0 radical (unpaired) electrons. The molecule has 0 saturated heterocycles. The van der Waals surface area contributed by atoms with Gasteiger partial charge in [-0.2, -0.15) is 0 Å². The number of pyridine rings is 1. The Morgan fingerprint density at radius 1 is 1.40 bits per heavy atom. The number of rotatable bonds is 2. The van der Waals surface area contributed by atoms with Crippen molar-refractivity contribution in [3.05, 3.63) is 35.1 Å². The molecule has 2 nitrogen and oxygen atoms in total. The molecule has 0 saturated carbocycles. The van der Waals surface area contributed by atoms with Crippen molar-refractivity contribution in [1.82, 2.24) is 4.98 Å². The van der Waals surface area contributed by atoms with Gasteiger partial charge in [-0.1, -0.05) is 24.6 Å². The number of benzene rings is 1. The van der Waals surface area contributed by atoms with Crippen molar-refractivity contribution in [3.63, 3.8) is 0 Å². The van der Waals surface area contributed by atoms with Gasteiger partial charge in [0.15, 0.2) is 0 Å². The normalized spacial score (nSPS) is 10.6. The third-order valence-corrected chi connectivity index (χ3v) is 2.83. The molecular formula is C12H12ClNO. The van der Waals surface area contributed by atoms with E-state index in [0.29, 0.717) is 5.15 Å². The second kappa shape index (κ2) is 4.07. The molecule has 1 aromatic heterocycles. The van der Waals surface area contributed by atoms with E-state index in [4.69, 9.17) is 16.3 Å². The molecule has 1 aromatic carbocycles. The summed E-state index contributed by atoms with van der Waals surface area (Å²) >= 11 is 6.03. The molecule has 0 amide bonds. The number of halogens is 1. The highest BCUT2D eigenvalue weighted by Gasteiger charge is 2.06. The number of methoxy groups -OCH3 is 1. The highest BCUT2D eigenvalue weighted by atomic mass is 35.5. The fourth-order valence-corrected chi connectivity index (χ4v) is 1.99. The first kappa shape index (κ1) is 10.2. The molecule has 0 aliphatic heterocycles. The Hall–Kier alpha value is -1.28. The van der Waals surface area contributed by atoms with Crippen LogP contribution in [0.1, 0.15) is 12.5 Å². The second-order valence-electron chi connectivity index (χ2n) is 3.33. The van der Waals surface area contributed by atoms with Crippen molar-refractivity contribution in [1.29, 1.82) is 0 Å². The Bertz CT molecular complexity index is 496. The lowest BCUT2D eigenvalue weighted by Gasteiger charge is -2.07. The molecule has 0 bridgehead atoms. The standard InChI is InChI=1S/C12H12ClNO/c1-3-10-11-5-4-9(15-2)6-8(11)7-14-12(10)13/h4-7H,3H2,1-2H3. The van der Waals surface area contributed by atoms with E-state index in [1.54, 1.807) is 13.3 Å². The van der Waals surface area contributed by atoms with Crippen LogP contribution in [0.25, 0.3) is 10.8 Å². The number of ether oxygens (including phenoxy) is 1. The fourth-order valence-electron chi connectivity index (χ4n) is 1.70. The third kappa shape index (κ3) is 1.77. The maximum Gasteiger partial charge on any atom is 0.132 e. The zero-order valence-corrected chi connectivity index (χ0v) is 9.51. The van der Waals surface area contributed by atoms with Crippen molar-refractivity contribution in [3.8, 4) is 5.75 Å². The minimum atomic E-state index is 0.593. The fraction of sp³-hybridized carbons (Fsp3) is 0.250. The van der Waals surface area contributed by atoms with E-state index < -0.39 is 0 Å². The van der Waals surface area contributed by atoms with Crippen molar-refractivity contribution in [2.24, 2.45) is 0 Å². The number of hydrogen-bond donors (Lipinski definition) is 0. The molecule has 0 atom stereocenters. The van der Waals surface area contributed by atoms with Crippen LogP contribution in [0.3, 0.4) is 0 Å². The lowest BCUT2D eigenvalue weighted by molar-refractivity contribution is 0.415. The summed E-state index contributed by atoms with van der Waals surface area (Å²) in [6, 6.07) is 5.94. The van der Waals surface area contributed by atoms with Gasteiger partial charge in [0.25, 0.3) is 0 Å². The molecule has 0 spiro atoms. The van der Waals surface area contributed by atoms with Gasteiger partial charge < -0.3 is 4.74 Å². The Balaban J connectivity index is 2.72. The zero-order chi connectivity index (χ0) is 10.8. The van der Waals surface area contributed by atoms with Crippen LogP contribution in [0.15, 0.2) is 24.4 Å². The number of hydrogen-bond acceptors (Lipinski definition) is 2. The van der Waals surface area contributed by atoms with Crippen LogP contribution < -0.4 is 4.74 Å². The molecule has 1 heterocycles. The van der Waals surface area contributed by atoms with Gasteiger partial charge in [0.05, 0.1) is 7.11 Å². The first-order chi connectivity index (χ1) is 7.26. The number of nitrogens with zero attached hydrogens (tertiary/aromatic N) is 1. The third-order valence-electron chi connectivity index (χ3n) is 2.50. The zero-order valence-electron chi connectivity index (χ0n) is 8.75. The molecular weight excluding hydrogens is 210 g/mol. The van der Waals surface area contributed by atoms with Gasteiger partial charge in [-0.05, 0) is 29.5 Å². The maximum atomic E-state index is 6.03. The Labute approximate surface area is 93.8 Å². The van der Waals surface area contributed by atoms with Crippen LogP contribution in [-0.4, -0.2) is 12.1 Å². The molecule has 78 valence electrons. The lowest BCUT2D eigenvalue weighted by Crippen LogP contribution is -1.90. The molecule has 2 rings (SSSR count). The van der Waals surface area contributed by atoms with Gasteiger partial charge in [0, 0.05) is 11.6 Å². The van der Waals surface area contributed by atoms with E-state index in [0.717, 1.165) is 28.5 Å². The molecule has 0 aliphatic rings. The number of aryl methyl sites for hydroxylation is 1. The summed E-state index contributed by atoms with van der Waals surface area (Å²) in [5.41, 5.74) is 1.09. The van der Waals surface area contributed by atoms with Gasteiger partial charge in [0.2, 0.25) is 0 Å². The highest BCUT2D eigenvalue weighted by molar-refractivity contribution is 6.31. The minimum Gasteiger partial charge on any atom is -0.497 e. The summed E-state index contributed by atoms with van der Waals surface area (Å²) in [5, 5.41) is 2.81. The van der Waals surface area contributed by atoms with Crippen molar-refractivity contribution >= 4 is 22.4 Å². The van der Waals surface area contributed by atoms with Gasteiger partial charge in [0.1, 0.15) is 10.9 Å². The van der Waals surface area contributed by atoms with Crippen molar-refractivity contribution < 1.29 is 4.74 Å². The molecule has 3 heteroatoms. The van der Waals surface area contributed by atoms with Gasteiger partial charge in [-0.15, -0.1) is 0 Å². The average Bonchev–Trinajstić information content (AvgIpc) is 2.28. The van der Waals surface area contributed by atoms with E-state index in [2.05, 4.69) is 11.9 Å². The van der Waals surface area contributed by atoms with E-state index in [1.807, 2.05) is 18.2 Å². The van der Waals surface area contributed by atoms with Gasteiger partial charge in [-0.25, -0.2) is 4.98 Å². The van der Waals surface area contributed by atoms with E-state index in [-0.39, 0.29) is 0 Å². The van der Waals surface area contributed by atoms with Crippen LogP contribution in [0, 0.1) is 0 Å². The summed E-state index contributed by atoms with van der Waals surface area (Å²) in [6.07, 6.45) is 2.66. The number of aromatic nitrogens is 1. The van der Waals surface area contributed by atoms with Crippen molar-refractivity contribution in [2.45, 2.75) is 13.3 Å². The minimum absolute atomic E-state index is 0.593. The highest BCUT2D eigenvalue weighted by Crippen LogP contribution is 2.27. The molecule has 0 unspecified atom stereocenters. The van der Waals surface area contributed by atoms with Gasteiger partial charge in [-0.3, -0.25) is 0 Å². The van der Waals surface area contributed by atoms with Crippen LogP contribution in [0.2, 0.25) is 5.15 Å². The molecule has 2 aromatic rings. The lowest BCUT2D eigenvalue weighted by atomic mass is 10.1. The number of fused-ring (bicyclic) bond motifs is 1. The largest absolute Gasteiger partial charge is 0.497 e. The smallest absolute Gasteiger partial charge is 0.132 e. The molecule has 15 heavy (non-hydrogen) atoms. The Morgan fingerprint density at radius 2 is 2.20 bits per heavy atom.